The molecule has 1 atom stereocenters. The molecule has 148 valence electrons. The molecule has 7 heteroatoms. The Hall–Kier alpha value is -1.21. The minimum Gasteiger partial charge on any atom is -0.357 e. The topological polar surface area (TPSA) is 70.6 Å². The van der Waals surface area contributed by atoms with E-state index in [9.17, 15) is 8.42 Å². The molecule has 0 spiro atoms. The van der Waals surface area contributed by atoms with Crippen molar-refractivity contribution in [3.05, 3.63) is 30.3 Å². The number of guanidine groups is 1. The van der Waals surface area contributed by atoms with Gasteiger partial charge in [0, 0.05) is 36.0 Å². The Morgan fingerprint density at radius 2 is 1.88 bits per heavy atom. The third kappa shape index (κ3) is 10.7. The van der Waals surface area contributed by atoms with Crippen LogP contribution < -0.4 is 10.6 Å². The summed E-state index contributed by atoms with van der Waals surface area (Å²) in [6.45, 7) is 10.5. The molecular formula is C19H33N3O2S2. The maximum Gasteiger partial charge on any atom is 0.191 e. The molecule has 5 nitrogen and oxygen atoms in total. The van der Waals surface area contributed by atoms with Crippen LogP contribution in [0.2, 0.25) is 0 Å². The molecule has 0 heterocycles. The Balaban J connectivity index is 2.54. The van der Waals surface area contributed by atoms with E-state index in [0.29, 0.717) is 18.2 Å². The van der Waals surface area contributed by atoms with Gasteiger partial charge in [0.15, 0.2) is 5.96 Å². The second-order valence-corrected chi connectivity index (χ2v) is 11.1. The standard InChI is InChI=1S/C19H33N3O2S2/c1-6-20-18(22-15-19(3,4)12-13-26(5,23)24)21-14-16(2)25-17-10-8-7-9-11-17/h7-11,16H,6,12-15H2,1-5H3,(H2,20,21,22). The highest BCUT2D eigenvalue weighted by molar-refractivity contribution is 8.00. The molecular weight excluding hydrogens is 366 g/mol. The van der Waals surface area contributed by atoms with Crippen molar-refractivity contribution in [2.45, 2.75) is 44.3 Å². The van der Waals surface area contributed by atoms with Gasteiger partial charge in [0.05, 0.1) is 5.75 Å². The van der Waals surface area contributed by atoms with Crippen molar-refractivity contribution >= 4 is 27.6 Å². The molecule has 0 bridgehead atoms. The van der Waals surface area contributed by atoms with Crippen LogP contribution in [-0.2, 0) is 9.84 Å². The van der Waals surface area contributed by atoms with Crippen LogP contribution in [0.5, 0.6) is 0 Å². The molecule has 0 aliphatic rings. The molecule has 0 amide bonds. The van der Waals surface area contributed by atoms with Crippen molar-refractivity contribution in [1.29, 1.82) is 0 Å². The third-order valence-electron chi connectivity index (χ3n) is 3.80. The second kappa shape index (κ2) is 10.8. The molecule has 0 radical (unpaired) electrons. The predicted octanol–water partition coefficient (Wildman–Crippen LogP) is 3.18. The Bertz CT molecular complexity index is 659. The number of rotatable bonds is 10. The van der Waals surface area contributed by atoms with Gasteiger partial charge in [-0.05, 0) is 30.9 Å². The summed E-state index contributed by atoms with van der Waals surface area (Å²) in [6.07, 6.45) is 1.89. The fraction of sp³-hybridized carbons (Fsp3) is 0.632. The lowest BCUT2D eigenvalue weighted by molar-refractivity contribution is 0.365. The zero-order chi connectivity index (χ0) is 19.6. The van der Waals surface area contributed by atoms with E-state index in [2.05, 4.69) is 48.5 Å². The number of sulfone groups is 1. The maximum atomic E-state index is 11.4. The van der Waals surface area contributed by atoms with Gasteiger partial charge in [0.25, 0.3) is 0 Å². The smallest absolute Gasteiger partial charge is 0.191 e. The molecule has 2 N–H and O–H groups in total. The minimum absolute atomic E-state index is 0.157. The molecule has 0 aliphatic heterocycles. The number of benzene rings is 1. The van der Waals surface area contributed by atoms with Gasteiger partial charge in [0.1, 0.15) is 9.84 Å². The first-order valence-corrected chi connectivity index (χ1v) is 12.0. The first-order valence-electron chi connectivity index (χ1n) is 9.03. The summed E-state index contributed by atoms with van der Waals surface area (Å²) in [5, 5.41) is 7.05. The highest BCUT2D eigenvalue weighted by Gasteiger charge is 2.20. The SMILES string of the molecule is CCNC(=NCC(C)(C)CCS(C)(=O)=O)NCC(C)Sc1ccccc1. The molecule has 0 saturated heterocycles. The van der Waals surface area contributed by atoms with Crippen LogP contribution in [0.4, 0.5) is 0 Å². The van der Waals surface area contributed by atoms with E-state index in [-0.39, 0.29) is 11.2 Å². The van der Waals surface area contributed by atoms with Crippen molar-refractivity contribution in [1.82, 2.24) is 10.6 Å². The van der Waals surface area contributed by atoms with Gasteiger partial charge in [0.2, 0.25) is 0 Å². The van der Waals surface area contributed by atoms with Crippen molar-refractivity contribution in [2.24, 2.45) is 10.4 Å². The third-order valence-corrected chi connectivity index (χ3v) is 5.86. The molecule has 1 aromatic rings. The zero-order valence-electron chi connectivity index (χ0n) is 16.6. The number of aliphatic imine (C=N–C) groups is 1. The minimum atomic E-state index is -2.94. The average molecular weight is 400 g/mol. The molecule has 0 saturated carbocycles. The summed E-state index contributed by atoms with van der Waals surface area (Å²) in [5.74, 6) is 0.977. The first-order chi connectivity index (χ1) is 12.1. The molecule has 26 heavy (non-hydrogen) atoms. The lowest BCUT2D eigenvalue weighted by Crippen LogP contribution is -2.40. The summed E-state index contributed by atoms with van der Waals surface area (Å²) >= 11 is 1.83. The van der Waals surface area contributed by atoms with E-state index < -0.39 is 9.84 Å². The lowest BCUT2D eigenvalue weighted by atomic mass is 9.90. The normalized spacial score (nSPS) is 14.1. The fourth-order valence-electron chi connectivity index (χ4n) is 2.19. The van der Waals surface area contributed by atoms with Crippen LogP contribution in [-0.4, -0.2) is 51.3 Å². The van der Waals surface area contributed by atoms with Gasteiger partial charge in [-0.15, -0.1) is 11.8 Å². The maximum absolute atomic E-state index is 11.4. The monoisotopic (exact) mass is 399 g/mol. The lowest BCUT2D eigenvalue weighted by Gasteiger charge is -2.23. The van der Waals surface area contributed by atoms with Crippen molar-refractivity contribution in [3.63, 3.8) is 0 Å². The molecule has 0 aromatic heterocycles. The second-order valence-electron chi connectivity index (χ2n) is 7.36. The first kappa shape index (κ1) is 22.8. The van der Waals surface area contributed by atoms with Crippen molar-refractivity contribution in [2.75, 3.05) is 31.6 Å². The van der Waals surface area contributed by atoms with Gasteiger partial charge in [-0.3, -0.25) is 4.99 Å². The molecule has 0 aliphatic carbocycles. The number of nitrogens with zero attached hydrogens (tertiary/aromatic N) is 1. The van der Waals surface area contributed by atoms with Gasteiger partial charge in [-0.1, -0.05) is 39.0 Å². The van der Waals surface area contributed by atoms with Crippen LogP contribution in [0, 0.1) is 5.41 Å². The number of nitrogens with one attached hydrogen (secondary N) is 2. The summed E-state index contributed by atoms with van der Waals surface area (Å²) in [6, 6.07) is 10.4. The quantitative estimate of drug-likeness (QED) is 0.359. The molecule has 1 aromatic carbocycles. The Morgan fingerprint density at radius 1 is 1.23 bits per heavy atom. The molecule has 1 unspecified atom stereocenters. The highest BCUT2D eigenvalue weighted by atomic mass is 32.2. The molecule has 1 rings (SSSR count). The zero-order valence-corrected chi connectivity index (χ0v) is 18.2. The summed E-state index contributed by atoms with van der Waals surface area (Å²) in [4.78, 5) is 5.91. The summed E-state index contributed by atoms with van der Waals surface area (Å²) in [7, 11) is -2.94. The number of hydrogen-bond donors (Lipinski definition) is 2. The van der Waals surface area contributed by atoms with E-state index in [1.165, 1.54) is 11.2 Å². The summed E-state index contributed by atoms with van der Waals surface area (Å²) < 4.78 is 22.8. The van der Waals surface area contributed by atoms with Gasteiger partial charge >= 0.3 is 0 Å². The van der Waals surface area contributed by atoms with Crippen LogP contribution >= 0.6 is 11.8 Å². The van der Waals surface area contributed by atoms with E-state index in [1.807, 2.05) is 36.9 Å². The highest BCUT2D eigenvalue weighted by Crippen LogP contribution is 2.22. The van der Waals surface area contributed by atoms with Crippen LogP contribution in [0.1, 0.15) is 34.1 Å². The van der Waals surface area contributed by atoms with Crippen LogP contribution in [0.15, 0.2) is 40.2 Å². The van der Waals surface area contributed by atoms with Crippen LogP contribution in [0.3, 0.4) is 0 Å². The number of thioether (sulfide) groups is 1. The van der Waals surface area contributed by atoms with E-state index in [0.717, 1.165) is 19.0 Å². The molecule has 0 fully saturated rings. The van der Waals surface area contributed by atoms with Gasteiger partial charge < -0.3 is 10.6 Å². The van der Waals surface area contributed by atoms with Crippen molar-refractivity contribution < 1.29 is 8.42 Å². The van der Waals surface area contributed by atoms with E-state index >= 15 is 0 Å². The average Bonchev–Trinajstić information content (AvgIpc) is 2.56. The van der Waals surface area contributed by atoms with Gasteiger partial charge in [-0.25, -0.2) is 8.42 Å². The van der Waals surface area contributed by atoms with Crippen LogP contribution in [0.25, 0.3) is 0 Å². The van der Waals surface area contributed by atoms with Gasteiger partial charge in [-0.2, -0.15) is 0 Å². The fourth-order valence-corrected chi connectivity index (χ4v) is 4.06. The van der Waals surface area contributed by atoms with E-state index in [1.54, 1.807) is 0 Å². The Kier molecular flexibility index (Phi) is 9.50. The largest absolute Gasteiger partial charge is 0.357 e. The van der Waals surface area contributed by atoms with Crippen molar-refractivity contribution in [3.8, 4) is 0 Å². The Morgan fingerprint density at radius 3 is 2.46 bits per heavy atom. The predicted molar refractivity (Wildman–Crippen MR) is 114 cm³/mol. The number of hydrogen-bond acceptors (Lipinski definition) is 4. The van der Waals surface area contributed by atoms with E-state index in [4.69, 9.17) is 0 Å². The summed E-state index contributed by atoms with van der Waals surface area (Å²) in [5.41, 5.74) is -0.157. The Labute approximate surface area is 163 Å².